The van der Waals surface area contributed by atoms with Gasteiger partial charge in [-0.05, 0) is 92.8 Å². The molecule has 2 aromatic carbocycles. The van der Waals surface area contributed by atoms with E-state index in [9.17, 15) is 9.90 Å². The van der Waals surface area contributed by atoms with Crippen molar-refractivity contribution in [3.8, 4) is 11.4 Å². The summed E-state index contributed by atoms with van der Waals surface area (Å²) >= 11 is 5.84. The van der Waals surface area contributed by atoms with E-state index in [1.807, 2.05) is 85.3 Å². The maximum Gasteiger partial charge on any atom is 0.335 e. The molecule has 182 valence electrons. The van der Waals surface area contributed by atoms with Gasteiger partial charge in [-0.3, -0.25) is 4.98 Å². The largest absolute Gasteiger partial charge is 0.491 e. The molecule has 0 spiro atoms. The molecule has 5 rings (SSSR count). The van der Waals surface area contributed by atoms with Gasteiger partial charge in [0.05, 0.1) is 23.4 Å². The summed E-state index contributed by atoms with van der Waals surface area (Å²) in [6.45, 7) is 3.99. The quantitative estimate of drug-likeness (QED) is 0.324. The molecule has 36 heavy (non-hydrogen) atoms. The van der Waals surface area contributed by atoms with Gasteiger partial charge >= 0.3 is 5.97 Å². The van der Waals surface area contributed by atoms with Crippen molar-refractivity contribution in [1.29, 1.82) is 0 Å². The first-order valence-corrected chi connectivity index (χ1v) is 12.1. The van der Waals surface area contributed by atoms with E-state index in [-0.39, 0.29) is 23.8 Å². The Hall–Kier alpha value is -4.17. The van der Waals surface area contributed by atoms with Crippen LogP contribution in [0.2, 0.25) is 0 Å². The van der Waals surface area contributed by atoms with Crippen LogP contribution in [0, 0.1) is 0 Å². The molecule has 2 N–H and O–H groups in total. The van der Waals surface area contributed by atoms with Crippen LogP contribution in [0.3, 0.4) is 0 Å². The van der Waals surface area contributed by atoms with Crippen molar-refractivity contribution in [1.82, 2.24) is 14.9 Å². The van der Waals surface area contributed by atoms with E-state index in [0.29, 0.717) is 5.11 Å². The van der Waals surface area contributed by atoms with Crippen LogP contribution in [0.25, 0.3) is 5.69 Å². The van der Waals surface area contributed by atoms with Crippen molar-refractivity contribution in [2.24, 2.45) is 0 Å². The van der Waals surface area contributed by atoms with E-state index in [2.05, 4.69) is 15.2 Å². The van der Waals surface area contributed by atoms with E-state index in [0.717, 1.165) is 28.5 Å². The fourth-order valence-corrected chi connectivity index (χ4v) is 4.90. The number of hydrogen-bond acceptors (Lipinski definition) is 4. The number of anilines is 1. The zero-order valence-corrected chi connectivity index (χ0v) is 20.7. The van der Waals surface area contributed by atoms with Crippen LogP contribution in [0.4, 0.5) is 5.69 Å². The number of nitrogens with zero attached hydrogens (tertiary/aromatic N) is 3. The summed E-state index contributed by atoms with van der Waals surface area (Å²) in [6.07, 6.45) is 3.79. The molecule has 1 aliphatic rings. The van der Waals surface area contributed by atoms with E-state index in [4.69, 9.17) is 17.0 Å². The summed E-state index contributed by atoms with van der Waals surface area (Å²) in [7, 11) is 0. The van der Waals surface area contributed by atoms with Crippen molar-refractivity contribution >= 4 is 29.0 Å². The fraction of sp³-hybridized carbons (Fsp3) is 0.179. The van der Waals surface area contributed by atoms with Gasteiger partial charge in [-0.1, -0.05) is 12.1 Å². The van der Waals surface area contributed by atoms with Crippen LogP contribution in [0.1, 0.15) is 47.7 Å². The van der Waals surface area contributed by atoms with E-state index in [1.54, 1.807) is 24.4 Å². The van der Waals surface area contributed by atoms with Gasteiger partial charge in [0.15, 0.2) is 5.11 Å². The number of thiocarbonyl (C=S) groups is 1. The molecule has 0 saturated carbocycles. The number of benzene rings is 2. The average Bonchev–Trinajstić information content (AvgIpc) is 3.49. The number of carbonyl (C=O) groups is 1. The summed E-state index contributed by atoms with van der Waals surface area (Å²) in [6, 6.07) is 24.1. The molecule has 4 aromatic rings. The lowest BCUT2D eigenvalue weighted by atomic mass is 10.0. The van der Waals surface area contributed by atoms with Gasteiger partial charge < -0.3 is 24.6 Å². The fourth-order valence-electron chi connectivity index (χ4n) is 4.55. The Kier molecular flexibility index (Phi) is 6.43. The highest BCUT2D eigenvalue weighted by Crippen LogP contribution is 2.42. The molecule has 2 atom stereocenters. The van der Waals surface area contributed by atoms with Gasteiger partial charge in [0.1, 0.15) is 11.8 Å². The van der Waals surface area contributed by atoms with Crippen molar-refractivity contribution in [3.05, 3.63) is 108 Å². The number of rotatable bonds is 7. The normalized spacial score (nSPS) is 17.3. The third-order valence-electron chi connectivity index (χ3n) is 6.04. The molecule has 1 saturated heterocycles. The predicted octanol–water partition coefficient (Wildman–Crippen LogP) is 5.53. The number of aromatic carboxylic acids is 1. The highest BCUT2D eigenvalue weighted by atomic mass is 32.1. The SMILES string of the molecule is CC(C)Oc1ccc(N2C(=S)N[C@H](c3ccccn3)[C@H]2c2cccn2-c2cccc(C(=O)O)c2)cc1. The zero-order chi connectivity index (χ0) is 25.2. The number of carboxylic acids is 1. The molecule has 0 aliphatic carbocycles. The minimum atomic E-state index is -0.967. The number of nitrogens with one attached hydrogen (secondary N) is 1. The Bertz CT molecular complexity index is 1390. The third-order valence-corrected chi connectivity index (χ3v) is 6.35. The van der Waals surface area contributed by atoms with Crippen molar-refractivity contribution in [2.75, 3.05) is 4.90 Å². The van der Waals surface area contributed by atoms with Crippen LogP contribution in [-0.2, 0) is 0 Å². The molecule has 0 bridgehead atoms. The van der Waals surface area contributed by atoms with Crippen molar-refractivity contribution in [2.45, 2.75) is 32.0 Å². The van der Waals surface area contributed by atoms with Gasteiger partial charge in [-0.2, -0.15) is 0 Å². The van der Waals surface area contributed by atoms with E-state index < -0.39 is 5.97 Å². The van der Waals surface area contributed by atoms with Crippen LogP contribution in [-0.4, -0.2) is 31.8 Å². The minimum Gasteiger partial charge on any atom is -0.491 e. The lowest BCUT2D eigenvalue weighted by Gasteiger charge is -2.29. The monoisotopic (exact) mass is 498 g/mol. The molecule has 3 heterocycles. The first kappa shape index (κ1) is 23.6. The number of pyridine rings is 1. The lowest BCUT2D eigenvalue weighted by molar-refractivity contribution is 0.0697. The maximum atomic E-state index is 11.6. The number of carboxylic acid groups (broad SMARTS) is 1. The third kappa shape index (κ3) is 4.55. The Labute approximate surface area is 215 Å². The summed E-state index contributed by atoms with van der Waals surface area (Å²) in [5, 5.41) is 13.6. The predicted molar refractivity (Wildman–Crippen MR) is 143 cm³/mol. The van der Waals surface area contributed by atoms with Gasteiger partial charge in [-0.25, -0.2) is 4.79 Å². The van der Waals surface area contributed by atoms with Crippen molar-refractivity contribution in [3.63, 3.8) is 0 Å². The van der Waals surface area contributed by atoms with Crippen molar-refractivity contribution < 1.29 is 14.6 Å². The molecule has 1 fully saturated rings. The molecule has 0 unspecified atom stereocenters. The molecule has 8 heteroatoms. The smallest absolute Gasteiger partial charge is 0.335 e. The van der Waals surface area contributed by atoms with E-state index >= 15 is 0 Å². The topological polar surface area (TPSA) is 79.6 Å². The Balaban J connectivity index is 1.61. The van der Waals surface area contributed by atoms with Gasteiger partial charge in [0, 0.05) is 29.5 Å². The average molecular weight is 499 g/mol. The number of aromatic nitrogens is 2. The Morgan fingerprint density at radius 1 is 1.03 bits per heavy atom. The molecule has 7 nitrogen and oxygen atoms in total. The van der Waals surface area contributed by atoms with Crippen LogP contribution in [0.5, 0.6) is 5.75 Å². The number of ether oxygens (including phenoxy) is 1. The highest BCUT2D eigenvalue weighted by Gasteiger charge is 2.42. The van der Waals surface area contributed by atoms with E-state index in [1.165, 1.54) is 0 Å². The summed E-state index contributed by atoms with van der Waals surface area (Å²) in [5.41, 5.74) is 3.71. The van der Waals surface area contributed by atoms with Crippen LogP contribution >= 0.6 is 12.2 Å². The van der Waals surface area contributed by atoms with Crippen LogP contribution < -0.4 is 15.0 Å². The van der Waals surface area contributed by atoms with Gasteiger partial charge in [-0.15, -0.1) is 0 Å². The first-order chi connectivity index (χ1) is 17.4. The lowest BCUT2D eigenvalue weighted by Crippen LogP contribution is -2.30. The molecule has 2 aromatic heterocycles. The van der Waals surface area contributed by atoms with Gasteiger partial charge in [0.25, 0.3) is 0 Å². The molecule has 1 aliphatic heterocycles. The zero-order valence-electron chi connectivity index (χ0n) is 19.9. The summed E-state index contributed by atoms with van der Waals surface area (Å²) < 4.78 is 7.83. The highest BCUT2D eigenvalue weighted by molar-refractivity contribution is 7.80. The summed E-state index contributed by atoms with van der Waals surface area (Å²) in [5.74, 6) is -0.176. The molecular weight excluding hydrogens is 472 g/mol. The second-order valence-corrected chi connectivity index (χ2v) is 9.20. The van der Waals surface area contributed by atoms with Crippen LogP contribution in [0.15, 0.2) is 91.3 Å². The minimum absolute atomic E-state index is 0.0801. The Morgan fingerprint density at radius 3 is 2.53 bits per heavy atom. The molecule has 0 amide bonds. The standard InChI is InChI=1S/C28H26N4O3S/c1-18(2)35-22-13-11-20(12-14-22)32-26(25(30-28(32)36)23-9-3-4-15-29-23)24-10-6-16-31(24)21-8-5-7-19(17-21)27(33)34/h3-18,25-26H,1-2H3,(H,30,36)(H,33,34)/t25-,26-/m1/s1. The molecular formula is C28H26N4O3S. The number of hydrogen-bond donors (Lipinski definition) is 2. The Morgan fingerprint density at radius 2 is 1.83 bits per heavy atom. The maximum absolute atomic E-state index is 11.6. The second-order valence-electron chi connectivity index (χ2n) is 8.82. The second kappa shape index (κ2) is 9.83. The summed E-state index contributed by atoms with van der Waals surface area (Å²) in [4.78, 5) is 18.3. The van der Waals surface area contributed by atoms with Gasteiger partial charge in [0.2, 0.25) is 0 Å². The first-order valence-electron chi connectivity index (χ1n) is 11.7. The molecule has 0 radical (unpaired) electrons.